The molecule has 3 N–H and O–H groups in total. The molecule has 0 saturated heterocycles. The zero-order chi connectivity index (χ0) is 17.0. The van der Waals surface area contributed by atoms with E-state index < -0.39 is 5.60 Å². The fourth-order valence-corrected chi connectivity index (χ4v) is 2.85. The van der Waals surface area contributed by atoms with Crippen molar-refractivity contribution in [3.05, 3.63) is 42.1 Å². The van der Waals surface area contributed by atoms with Gasteiger partial charge in [-0.1, -0.05) is 31.9 Å². The van der Waals surface area contributed by atoms with E-state index >= 15 is 0 Å². The van der Waals surface area contributed by atoms with E-state index in [4.69, 9.17) is 5.73 Å². The maximum Gasteiger partial charge on any atom is 0.299 e. The van der Waals surface area contributed by atoms with Crippen LogP contribution in [0.2, 0.25) is 0 Å². The van der Waals surface area contributed by atoms with E-state index in [2.05, 4.69) is 23.1 Å². The SMILES string of the molecule is C=C1N=C(CCCCC)[N+](CC(C)(C)O)=C1c1ccccc1N. The number of hydrogen-bond donors (Lipinski definition) is 2. The van der Waals surface area contributed by atoms with Crippen molar-refractivity contribution in [2.75, 3.05) is 12.3 Å². The Morgan fingerprint density at radius 2 is 1.96 bits per heavy atom. The Morgan fingerprint density at radius 3 is 2.57 bits per heavy atom. The van der Waals surface area contributed by atoms with Crippen molar-refractivity contribution in [2.45, 2.75) is 52.1 Å². The molecule has 0 spiro atoms. The number of hydrogen-bond acceptors (Lipinski definition) is 3. The Kier molecular flexibility index (Phi) is 5.37. The molecule has 0 aromatic heterocycles. The zero-order valence-electron chi connectivity index (χ0n) is 14.5. The molecule has 0 fully saturated rings. The van der Waals surface area contributed by atoms with Crippen LogP contribution in [0.4, 0.5) is 5.69 Å². The third-order valence-corrected chi connectivity index (χ3v) is 3.88. The molecule has 0 unspecified atom stereocenters. The zero-order valence-corrected chi connectivity index (χ0v) is 14.5. The number of benzene rings is 1. The van der Waals surface area contributed by atoms with Crippen LogP contribution in [0.15, 0.2) is 41.5 Å². The average Bonchev–Trinajstić information content (AvgIpc) is 2.74. The normalized spacial score (nSPS) is 15.3. The summed E-state index contributed by atoms with van der Waals surface area (Å²) < 4.78 is 2.09. The Morgan fingerprint density at radius 1 is 1.26 bits per heavy atom. The highest BCUT2D eigenvalue weighted by molar-refractivity contribution is 6.16. The van der Waals surface area contributed by atoms with Crippen LogP contribution in [-0.4, -0.2) is 33.4 Å². The molecule has 0 aliphatic carbocycles. The summed E-state index contributed by atoms with van der Waals surface area (Å²) in [5, 5.41) is 10.3. The lowest BCUT2D eigenvalue weighted by atomic mass is 10.0. The average molecular weight is 314 g/mol. The van der Waals surface area contributed by atoms with Crippen LogP contribution < -0.4 is 5.73 Å². The van der Waals surface area contributed by atoms with Crippen LogP contribution in [0.1, 0.15) is 52.0 Å². The molecule has 1 aliphatic heterocycles. The van der Waals surface area contributed by atoms with Crippen LogP contribution in [-0.2, 0) is 0 Å². The molecule has 0 amide bonds. The van der Waals surface area contributed by atoms with Gasteiger partial charge in [-0.3, -0.25) is 0 Å². The van der Waals surface area contributed by atoms with E-state index in [1.165, 1.54) is 12.8 Å². The van der Waals surface area contributed by atoms with Gasteiger partial charge in [-0.15, -0.1) is 0 Å². The Balaban J connectivity index is 2.44. The smallest absolute Gasteiger partial charge is 0.299 e. The van der Waals surface area contributed by atoms with Crippen LogP contribution >= 0.6 is 0 Å². The van der Waals surface area contributed by atoms with Crippen LogP contribution in [0.25, 0.3) is 0 Å². The van der Waals surface area contributed by atoms with Gasteiger partial charge in [0, 0.05) is 11.3 Å². The number of para-hydroxylation sites is 1. The number of amidine groups is 1. The second-order valence-electron chi connectivity index (χ2n) is 6.77. The number of rotatable bonds is 7. The van der Waals surface area contributed by atoms with Crippen LogP contribution in [0.5, 0.6) is 0 Å². The van der Waals surface area contributed by atoms with Gasteiger partial charge in [0.2, 0.25) is 5.70 Å². The summed E-state index contributed by atoms with van der Waals surface area (Å²) in [4.78, 5) is 4.67. The monoisotopic (exact) mass is 314 g/mol. The van der Waals surface area contributed by atoms with Crippen LogP contribution in [0, 0.1) is 0 Å². The number of nitrogen functional groups attached to an aromatic ring is 1. The summed E-state index contributed by atoms with van der Waals surface area (Å²) in [6, 6.07) is 7.74. The molecule has 2 rings (SSSR count). The van der Waals surface area contributed by atoms with Crippen molar-refractivity contribution >= 4 is 17.2 Å². The number of β-amino-alcohol motifs (C(OH)–C–C–N with tert-alkyl or cyclic N) is 1. The van der Waals surface area contributed by atoms with Gasteiger partial charge in [0.25, 0.3) is 5.84 Å². The number of unbranched alkanes of at least 4 members (excludes halogenated alkanes) is 2. The quantitative estimate of drug-likeness (QED) is 0.460. The number of anilines is 1. The number of aliphatic imine (C=N–C) groups is 1. The first-order valence-electron chi connectivity index (χ1n) is 8.32. The standard InChI is InChI=1S/C19H27N3O/c1-5-6-7-12-17-21-14(2)18(22(17)13-19(3,4)23)15-10-8-9-11-16(15)20/h8-11,20,23H,2,5-7,12-13H2,1,3-4H3/p+1. The number of nitrogens with two attached hydrogens (primary N) is 1. The second kappa shape index (κ2) is 7.09. The molecule has 0 saturated carbocycles. The summed E-state index contributed by atoms with van der Waals surface area (Å²) in [5.41, 5.74) is 8.59. The van der Waals surface area contributed by atoms with Gasteiger partial charge < -0.3 is 10.8 Å². The fraction of sp³-hybridized carbons (Fsp3) is 0.474. The summed E-state index contributed by atoms with van der Waals surface area (Å²) in [7, 11) is 0. The first-order valence-corrected chi connectivity index (χ1v) is 8.32. The largest absolute Gasteiger partial charge is 0.398 e. The molecule has 4 nitrogen and oxygen atoms in total. The van der Waals surface area contributed by atoms with Gasteiger partial charge in [0.1, 0.15) is 6.54 Å². The van der Waals surface area contributed by atoms with Crippen molar-refractivity contribution < 1.29 is 9.68 Å². The number of aliphatic hydroxyl groups is 1. The van der Waals surface area contributed by atoms with E-state index in [1.807, 2.05) is 38.1 Å². The van der Waals surface area contributed by atoms with E-state index in [0.29, 0.717) is 12.2 Å². The molecule has 23 heavy (non-hydrogen) atoms. The highest BCUT2D eigenvalue weighted by Gasteiger charge is 2.35. The first-order chi connectivity index (χ1) is 10.8. The van der Waals surface area contributed by atoms with Gasteiger partial charge >= 0.3 is 0 Å². The third-order valence-electron chi connectivity index (χ3n) is 3.88. The molecule has 4 heteroatoms. The van der Waals surface area contributed by atoms with Crippen molar-refractivity contribution in [1.82, 2.24) is 0 Å². The highest BCUT2D eigenvalue weighted by Crippen LogP contribution is 2.23. The summed E-state index contributed by atoms with van der Waals surface area (Å²) in [6.07, 6.45) is 4.31. The number of allylic oxidation sites excluding steroid dienone is 1. The first kappa shape index (κ1) is 17.4. The van der Waals surface area contributed by atoms with Gasteiger partial charge in [0.05, 0.1) is 12.0 Å². The molecule has 0 atom stereocenters. The minimum Gasteiger partial charge on any atom is -0.398 e. The van der Waals surface area contributed by atoms with E-state index in [9.17, 15) is 5.11 Å². The molecule has 0 bridgehead atoms. The van der Waals surface area contributed by atoms with E-state index in [-0.39, 0.29) is 0 Å². The van der Waals surface area contributed by atoms with Gasteiger partial charge in [-0.05, 0) is 44.0 Å². The lowest BCUT2D eigenvalue weighted by Gasteiger charge is -2.18. The van der Waals surface area contributed by atoms with Crippen molar-refractivity contribution in [3.8, 4) is 0 Å². The maximum atomic E-state index is 10.3. The minimum absolute atomic E-state index is 0.473. The molecule has 1 aliphatic rings. The van der Waals surface area contributed by atoms with Crippen molar-refractivity contribution in [3.63, 3.8) is 0 Å². The van der Waals surface area contributed by atoms with Gasteiger partial charge in [0.15, 0.2) is 5.71 Å². The molecule has 0 radical (unpaired) electrons. The lowest BCUT2D eigenvalue weighted by Crippen LogP contribution is -2.37. The Bertz CT molecular complexity index is 651. The molecular weight excluding hydrogens is 286 g/mol. The molecule has 1 aromatic carbocycles. The number of nitrogens with zero attached hydrogens (tertiary/aromatic N) is 2. The lowest BCUT2D eigenvalue weighted by molar-refractivity contribution is -0.430. The Hall–Kier alpha value is -1.94. The molecule has 1 aromatic rings. The summed E-state index contributed by atoms with van der Waals surface area (Å²) in [5.74, 6) is 0.976. The minimum atomic E-state index is -0.828. The fourth-order valence-electron chi connectivity index (χ4n) is 2.85. The Labute approximate surface area is 139 Å². The molecular formula is C19H28N3O+. The predicted molar refractivity (Wildman–Crippen MR) is 97.1 cm³/mol. The summed E-state index contributed by atoms with van der Waals surface area (Å²) >= 11 is 0. The van der Waals surface area contributed by atoms with Crippen molar-refractivity contribution in [1.29, 1.82) is 0 Å². The molecule has 124 valence electrons. The second-order valence-corrected chi connectivity index (χ2v) is 6.77. The maximum absolute atomic E-state index is 10.3. The highest BCUT2D eigenvalue weighted by atomic mass is 16.3. The third kappa shape index (κ3) is 4.29. The predicted octanol–water partition coefficient (Wildman–Crippen LogP) is 3.35. The summed E-state index contributed by atoms with van der Waals surface area (Å²) in [6.45, 7) is 10.4. The van der Waals surface area contributed by atoms with Crippen LogP contribution in [0.3, 0.4) is 0 Å². The van der Waals surface area contributed by atoms with E-state index in [0.717, 1.165) is 35.6 Å². The topological polar surface area (TPSA) is 61.6 Å². The van der Waals surface area contributed by atoms with Gasteiger partial charge in [-0.2, -0.15) is 0 Å². The molecule has 1 heterocycles. The van der Waals surface area contributed by atoms with Crippen molar-refractivity contribution in [2.24, 2.45) is 4.99 Å². The van der Waals surface area contributed by atoms with E-state index in [1.54, 1.807) is 0 Å². The van der Waals surface area contributed by atoms with Gasteiger partial charge in [-0.25, -0.2) is 4.58 Å².